The summed E-state index contributed by atoms with van der Waals surface area (Å²) < 4.78 is 13.1. The van der Waals surface area contributed by atoms with Crippen LogP contribution in [0.2, 0.25) is 0 Å². The molecule has 3 aromatic rings. The number of furan rings is 1. The number of nitrogens with one attached hydrogen (secondary N) is 1. The van der Waals surface area contributed by atoms with Crippen LogP contribution >= 0.6 is 0 Å². The molecule has 8 nitrogen and oxygen atoms in total. The van der Waals surface area contributed by atoms with Gasteiger partial charge in [0.05, 0.1) is 12.6 Å². The monoisotopic (exact) mass is 437 g/mol. The minimum atomic E-state index is -0.187. The molecule has 1 amide bonds. The van der Waals surface area contributed by atoms with Crippen molar-refractivity contribution in [1.82, 2.24) is 25.0 Å². The molecule has 32 heavy (non-hydrogen) atoms. The molecule has 0 saturated carbocycles. The number of aryl methyl sites for hydroxylation is 1. The van der Waals surface area contributed by atoms with E-state index in [4.69, 9.17) is 9.15 Å². The van der Waals surface area contributed by atoms with Crippen molar-refractivity contribution in [3.8, 4) is 0 Å². The van der Waals surface area contributed by atoms with Crippen molar-refractivity contribution in [1.29, 1.82) is 0 Å². The van der Waals surface area contributed by atoms with E-state index in [9.17, 15) is 4.79 Å². The zero-order chi connectivity index (χ0) is 22.3. The highest BCUT2D eigenvalue weighted by atomic mass is 16.5. The number of benzene rings is 1. The van der Waals surface area contributed by atoms with Crippen LogP contribution in [0.15, 0.2) is 46.9 Å². The average Bonchev–Trinajstić information content (AvgIpc) is 3.36. The summed E-state index contributed by atoms with van der Waals surface area (Å²) in [5.41, 5.74) is 1.16. The van der Waals surface area contributed by atoms with Crippen LogP contribution in [0.5, 0.6) is 0 Å². The number of ether oxygens (including phenoxy) is 1. The first-order valence-electron chi connectivity index (χ1n) is 11.2. The van der Waals surface area contributed by atoms with Crippen LogP contribution in [0.25, 0.3) is 0 Å². The van der Waals surface area contributed by atoms with Crippen LogP contribution in [0.4, 0.5) is 0 Å². The largest absolute Gasteiger partial charge is 0.462 e. The first kappa shape index (κ1) is 22.2. The molecule has 0 bridgehead atoms. The molecule has 0 radical (unpaired) electrons. The van der Waals surface area contributed by atoms with Crippen LogP contribution < -0.4 is 5.32 Å². The molecule has 170 valence electrons. The number of hydrogen-bond donors (Lipinski definition) is 1. The Balaban J connectivity index is 1.31. The van der Waals surface area contributed by atoms with E-state index in [-0.39, 0.29) is 11.9 Å². The van der Waals surface area contributed by atoms with E-state index in [2.05, 4.69) is 25.0 Å². The summed E-state index contributed by atoms with van der Waals surface area (Å²) in [6.07, 6.45) is 2.00. The number of carbonyl (C=O) groups excluding carboxylic acids is 1. The molecule has 0 aliphatic carbocycles. The lowest BCUT2D eigenvalue weighted by Gasteiger charge is -2.19. The summed E-state index contributed by atoms with van der Waals surface area (Å²) in [7, 11) is 1.66. The molecule has 0 fully saturated rings. The lowest BCUT2D eigenvalue weighted by molar-refractivity contribution is -0.121. The van der Waals surface area contributed by atoms with Gasteiger partial charge in [-0.2, -0.15) is 0 Å². The number of amides is 1. The molecule has 0 saturated heterocycles. The lowest BCUT2D eigenvalue weighted by atomic mass is 10.1. The number of nitrogens with zero attached hydrogens (tertiary/aromatic N) is 4. The van der Waals surface area contributed by atoms with E-state index < -0.39 is 0 Å². The predicted octanol–water partition coefficient (Wildman–Crippen LogP) is 2.89. The van der Waals surface area contributed by atoms with Gasteiger partial charge in [0.15, 0.2) is 5.82 Å². The Morgan fingerprint density at radius 2 is 1.94 bits per heavy atom. The minimum absolute atomic E-state index is 0.0265. The number of methoxy groups -OCH3 is 1. The van der Waals surface area contributed by atoms with E-state index in [1.807, 2.05) is 49.4 Å². The Bertz CT molecular complexity index is 1010. The van der Waals surface area contributed by atoms with Crippen molar-refractivity contribution in [3.05, 3.63) is 71.2 Å². The standard InChI is InChI=1S/C24H31N5O3/c1-18(25-23(30)11-8-19-6-4-3-5-7-19)24-27-26-22-12-13-28(14-15-29(22)24)16-20-9-10-21(32-20)17-31-2/h3-7,9-10,18H,8,11-17H2,1-2H3,(H,25,30)/t18-/m1/s1. The predicted molar refractivity (Wildman–Crippen MR) is 120 cm³/mol. The molecule has 1 N–H and O–H groups in total. The molecular formula is C24H31N5O3. The first-order chi connectivity index (χ1) is 15.6. The summed E-state index contributed by atoms with van der Waals surface area (Å²) in [5, 5.41) is 11.9. The van der Waals surface area contributed by atoms with Crippen molar-refractivity contribution >= 4 is 5.91 Å². The van der Waals surface area contributed by atoms with Crippen LogP contribution in [-0.4, -0.2) is 45.8 Å². The zero-order valence-corrected chi connectivity index (χ0v) is 18.8. The molecule has 2 aromatic heterocycles. The zero-order valence-electron chi connectivity index (χ0n) is 18.8. The Morgan fingerprint density at radius 1 is 1.12 bits per heavy atom. The van der Waals surface area contributed by atoms with Gasteiger partial charge in [-0.25, -0.2) is 0 Å². The Hall–Kier alpha value is -2.97. The number of aromatic nitrogens is 3. The van der Waals surface area contributed by atoms with Crippen molar-refractivity contribution in [2.24, 2.45) is 0 Å². The smallest absolute Gasteiger partial charge is 0.220 e. The average molecular weight is 438 g/mol. The van der Waals surface area contributed by atoms with Crippen LogP contribution in [0, 0.1) is 0 Å². The quantitative estimate of drug-likeness (QED) is 0.554. The summed E-state index contributed by atoms with van der Waals surface area (Å²) in [5.74, 6) is 3.59. The SMILES string of the molecule is COCc1ccc(CN2CCc3nnc([C@@H](C)NC(=O)CCc4ccccc4)n3CC2)o1. The number of carbonyl (C=O) groups is 1. The number of rotatable bonds is 9. The topological polar surface area (TPSA) is 85.4 Å². The fourth-order valence-corrected chi connectivity index (χ4v) is 4.10. The second kappa shape index (κ2) is 10.6. The molecule has 8 heteroatoms. The summed E-state index contributed by atoms with van der Waals surface area (Å²) in [4.78, 5) is 14.8. The van der Waals surface area contributed by atoms with Gasteiger partial charge in [-0.1, -0.05) is 30.3 Å². The van der Waals surface area contributed by atoms with Gasteiger partial charge in [-0.3, -0.25) is 9.69 Å². The summed E-state index contributed by atoms with van der Waals surface area (Å²) in [6, 6.07) is 13.8. The van der Waals surface area contributed by atoms with Crippen LogP contribution in [-0.2, 0) is 42.1 Å². The Labute approximate surface area is 188 Å². The fraction of sp³-hybridized carbons (Fsp3) is 0.458. The second-order valence-corrected chi connectivity index (χ2v) is 8.23. The molecule has 0 unspecified atom stereocenters. The highest BCUT2D eigenvalue weighted by molar-refractivity contribution is 5.76. The molecule has 3 heterocycles. The fourth-order valence-electron chi connectivity index (χ4n) is 4.10. The molecular weight excluding hydrogens is 406 g/mol. The second-order valence-electron chi connectivity index (χ2n) is 8.23. The third-order valence-corrected chi connectivity index (χ3v) is 5.78. The van der Waals surface area contributed by atoms with E-state index in [1.165, 1.54) is 0 Å². The van der Waals surface area contributed by atoms with E-state index in [0.717, 1.165) is 67.8 Å². The van der Waals surface area contributed by atoms with Crippen molar-refractivity contribution < 1.29 is 13.9 Å². The van der Waals surface area contributed by atoms with E-state index in [0.29, 0.717) is 13.0 Å². The van der Waals surface area contributed by atoms with Crippen LogP contribution in [0.1, 0.15) is 48.1 Å². The summed E-state index contributed by atoms with van der Waals surface area (Å²) in [6.45, 7) is 5.75. The maximum atomic E-state index is 12.5. The van der Waals surface area contributed by atoms with Crippen molar-refractivity contribution in [2.45, 2.75) is 51.9 Å². The van der Waals surface area contributed by atoms with Gasteiger partial charge in [-0.15, -0.1) is 10.2 Å². The molecule has 4 rings (SSSR count). The van der Waals surface area contributed by atoms with Gasteiger partial charge < -0.3 is 19.0 Å². The van der Waals surface area contributed by atoms with Gasteiger partial charge >= 0.3 is 0 Å². The van der Waals surface area contributed by atoms with Crippen molar-refractivity contribution in [2.75, 3.05) is 20.2 Å². The first-order valence-corrected chi connectivity index (χ1v) is 11.2. The van der Waals surface area contributed by atoms with Gasteiger partial charge in [0.2, 0.25) is 5.91 Å². The Morgan fingerprint density at radius 3 is 2.75 bits per heavy atom. The highest BCUT2D eigenvalue weighted by Gasteiger charge is 2.23. The normalized spacial score (nSPS) is 15.2. The molecule has 1 aromatic carbocycles. The number of hydrogen-bond acceptors (Lipinski definition) is 6. The maximum absolute atomic E-state index is 12.5. The van der Waals surface area contributed by atoms with Crippen molar-refractivity contribution in [3.63, 3.8) is 0 Å². The van der Waals surface area contributed by atoms with Gasteiger partial charge in [0, 0.05) is 39.6 Å². The maximum Gasteiger partial charge on any atom is 0.220 e. The molecule has 1 aliphatic rings. The van der Waals surface area contributed by atoms with Gasteiger partial charge in [0.1, 0.15) is 24.0 Å². The van der Waals surface area contributed by atoms with Crippen LogP contribution in [0.3, 0.4) is 0 Å². The van der Waals surface area contributed by atoms with E-state index in [1.54, 1.807) is 7.11 Å². The van der Waals surface area contributed by atoms with Gasteiger partial charge in [0.25, 0.3) is 0 Å². The minimum Gasteiger partial charge on any atom is -0.462 e. The number of fused-ring (bicyclic) bond motifs is 1. The third kappa shape index (κ3) is 5.63. The summed E-state index contributed by atoms with van der Waals surface area (Å²) >= 11 is 0. The Kier molecular flexibility index (Phi) is 7.34. The van der Waals surface area contributed by atoms with Gasteiger partial charge in [-0.05, 0) is 31.0 Å². The molecule has 1 atom stereocenters. The van der Waals surface area contributed by atoms with E-state index >= 15 is 0 Å². The highest BCUT2D eigenvalue weighted by Crippen LogP contribution is 2.18. The molecule has 0 spiro atoms. The third-order valence-electron chi connectivity index (χ3n) is 5.78. The molecule has 1 aliphatic heterocycles. The lowest BCUT2D eigenvalue weighted by Crippen LogP contribution is -2.30.